The van der Waals surface area contributed by atoms with Crippen molar-refractivity contribution in [1.29, 1.82) is 0 Å². The lowest BCUT2D eigenvalue weighted by Crippen LogP contribution is -2.37. The summed E-state index contributed by atoms with van der Waals surface area (Å²) in [7, 11) is 0. The summed E-state index contributed by atoms with van der Waals surface area (Å²) >= 11 is 1.64. The molecule has 0 spiro atoms. The second-order valence-electron chi connectivity index (χ2n) is 6.74. The maximum Gasteiger partial charge on any atom is 0.252 e. The van der Waals surface area contributed by atoms with Gasteiger partial charge in [-0.25, -0.2) is 4.98 Å². The first-order chi connectivity index (χ1) is 12.8. The standard InChI is InChI=1S/C21H23N3OS/c25-21(22-9-12-24-10-4-1-5-11-24)18-14-20(16-8-13-26-15-16)23-19-7-3-2-6-17(18)19/h2-3,6-8,13-15H,1,4-5,9-12H2,(H,22,25). The van der Waals surface area contributed by atoms with Gasteiger partial charge in [-0.3, -0.25) is 4.79 Å². The van der Waals surface area contributed by atoms with Gasteiger partial charge in [-0.15, -0.1) is 0 Å². The molecule has 1 aliphatic heterocycles. The van der Waals surface area contributed by atoms with Gasteiger partial charge in [-0.2, -0.15) is 11.3 Å². The first kappa shape index (κ1) is 17.2. The van der Waals surface area contributed by atoms with Crippen molar-refractivity contribution in [2.75, 3.05) is 26.2 Å². The SMILES string of the molecule is O=C(NCCN1CCCCC1)c1cc(-c2ccsc2)nc2ccccc12. The topological polar surface area (TPSA) is 45.2 Å². The average Bonchev–Trinajstić information content (AvgIpc) is 3.23. The zero-order valence-corrected chi connectivity index (χ0v) is 15.6. The van der Waals surface area contributed by atoms with E-state index in [0.717, 1.165) is 41.8 Å². The Balaban J connectivity index is 1.55. The number of rotatable bonds is 5. The molecular weight excluding hydrogens is 342 g/mol. The number of amides is 1. The van der Waals surface area contributed by atoms with E-state index in [2.05, 4.69) is 15.6 Å². The Morgan fingerprint density at radius 3 is 2.81 bits per heavy atom. The molecule has 2 aromatic heterocycles. The zero-order chi connectivity index (χ0) is 17.8. The van der Waals surface area contributed by atoms with Gasteiger partial charge in [0.1, 0.15) is 0 Å². The highest BCUT2D eigenvalue weighted by atomic mass is 32.1. The van der Waals surface area contributed by atoms with Gasteiger partial charge in [0.15, 0.2) is 0 Å². The van der Waals surface area contributed by atoms with Crippen LogP contribution < -0.4 is 5.32 Å². The van der Waals surface area contributed by atoms with Gasteiger partial charge >= 0.3 is 0 Å². The molecule has 0 unspecified atom stereocenters. The van der Waals surface area contributed by atoms with Crippen LogP contribution in [-0.4, -0.2) is 42.0 Å². The van der Waals surface area contributed by atoms with Gasteiger partial charge in [-0.1, -0.05) is 24.6 Å². The quantitative estimate of drug-likeness (QED) is 0.738. The number of carbonyl (C=O) groups is 1. The molecule has 1 aromatic carbocycles. The second-order valence-corrected chi connectivity index (χ2v) is 7.52. The molecule has 3 heterocycles. The van der Waals surface area contributed by atoms with Crippen molar-refractivity contribution >= 4 is 28.1 Å². The number of fused-ring (bicyclic) bond motifs is 1. The molecule has 1 amide bonds. The molecular formula is C21H23N3OS. The molecule has 1 fully saturated rings. The van der Waals surface area contributed by atoms with Crippen LogP contribution in [0.25, 0.3) is 22.2 Å². The van der Waals surface area contributed by atoms with Crippen LogP contribution in [-0.2, 0) is 0 Å². The molecule has 134 valence electrons. The minimum Gasteiger partial charge on any atom is -0.351 e. The number of likely N-dealkylation sites (tertiary alicyclic amines) is 1. The van der Waals surface area contributed by atoms with Gasteiger partial charge in [0.2, 0.25) is 0 Å². The number of pyridine rings is 1. The molecule has 0 saturated carbocycles. The minimum absolute atomic E-state index is 0.0166. The van der Waals surface area contributed by atoms with Gasteiger partial charge in [0.05, 0.1) is 16.8 Å². The fraction of sp³-hybridized carbons (Fsp3) is 0.333. The van der Waals surface area contributed by atoms with Crippen LogP contribution in [0.4, 0.5) is 0 Å². The van der Waals surface area contributed by atoms with Crippen LogP contribution >= 0.6 is 11.3 Å². The summed E-state index contributed by atoms with van der Waals surface area (Å²) in [5.74, 6) is -0.0166. The Labute approximate surface area is 157 Å². The van der Waals surface area contributed by atoms with Gasteiger partial charge < -0.3 is 10.2 Å². The van der Waals surface area contributed by atoms with Crippen molar-refractivity contribution in [3.05, 3.63) is 52.7 Å². The van der Waals surface area contributed by atoms with Crippen molar-refractivity contribution in [2.45, 2.75) is 19.3 Å². The van der Waals surface area contributed by atoms with Gasteiger partial charge in [0, 0.05) is 29.4 Å². The maximum absolute atomic E-state index is 12.9. The molecule has 1 aliphatic rings. The molecule has 1 saturated heterocycles. The Morgan fingerprint density at radius 2 is 2.00 bits per heavy atom. The number of hydrogen-bond acceptors (Lipinski definition) is 4. The Morgan fingerprint density at radius 1 is 1.15 bits per heavy atom. The Bertz CT molecular complexity index is 885. The van der Waals surface area contributed by atoms with Crippen LogP contribution in [0.15, 0.2) is 47.2 Å². The zero-order valence-electron chi connectivity index (χ0n) is 14.8. The number of para-hydroxylation sites is 1. The van der Waals surface area contributed by atoms with E-state index in [9.17, 15) is 4.79 Å². The third-order valence-corrected chi connectivity index (χ3v) is 5.62. The molecule has 26 heavy (non-hydrogen) atoms. The van der Waals surface area contributed by atoms with Crippen LogP contribution in [0.3, 0.4) is 0 Å². The summed E-state index contributed by atoms with van der Waals surface area (Å²) in [5, 5.41) is 8.11. The first-order valence-corrected chi connectivity index (χ1v) is 10.2. The molecule has 0 bridgehead atoms. The number of nitrogens with one attached hydrogen (secondary N) is 1. The summed E-state index contributed by atoms with van der Waals surface area (Å²) in [6, 6.07) is 11.8. The lowest BCUT2D eigenvalue weighted by atomic mass is 10.0. The fourth-order valence-corrected chi connectivity index (χ4v) is 4.18. The average molecular weight is 366 g/mol. The van der Waals surface area contributed by atoms with E-state index in [-0.39, 0.29) is 5.91 Å². The Hall–Kier alpha value is -2.24. The predicted octanol–water partition coefficient (Wildman–Crippen LogP) is 4.18. The number of hydrogen-bond donors (Lipinski definition) is 1. The number of carbonyl (C=O) groups excluding carboxylic acids is 1. The summed E-state index contributed by atoms with van der Waals surface area (Å²) in [4.78, 5) is 20.0. The van der Waals surface area contributed by atoms with E-state index in [4.69, 9.17) is 4.98 Å². The molecule has 0 aliphatic carbocycles. The third kappa shape index (κ3) is 3.79. The molecule has 1 N–H and O–H groups in total. The summed E-state index contributed by atoms with van der Waals surface area (Å²) in [6.45, 7) is 3.90. The van der Waals surface area contributed by atoms with Crippen LogP contribution in [0.2, 0.25) is 0 Å². The molecule has 3 aromatic rings. The van der Waals surface area contributed by atoms with Gasteiger partial charge in [0.25, 0.3) is 5.91 Å². The minimum atomic E-state index is -0.0166. The lowest BCUT2D eigenvalue weighted by Gasteiger charge is -2.26. The maximum atomic E-state index is 12.9. The largest absolute Gasteiger partial charge is 0.351 e. The van der Waals surface area contributed by atoms with Crippen LogP contribution in [0.1, 0.15) is 29.6 Å². The van der Waals surface area contributed by atoms with Crippen molar-refractivity contribution < 1.29 is 4.79 Å². The number of aromatic nitrogens is 1. The summed E-state index contributed by atoms with van der Waals surface area (Å²) < 4.78 is 0. The molecule has 5 heteroatoms. The van der Waals surface area contributed by atoms with Crippen molar-refractivity contribution in [3.63, 3.8) is 0 Å². The summed E-state index contributed by atoms with van der Waals surface area (Å²) in [5.41, 5.74) is 3.47. The highest BCUT2D eigenvalue weighted by Crippen LogP contribution is 2.26. The van der Waals surface area contributed by atoms with E-state index in [0.29, 0.717) is 12.1 Å². The van der Waals surface area contributed by atoms with Gasteiger partial charge in [-0.05, 0) is 49.5 Å². The predicted molar refractivity (Wildman–Crippen MR) is 108 cm³/mol. The molecule has 4 rings (SSSR count). The van der Waals surface area contributed by atoms with Crippen molar-refractivity contribution in [2.24, 2.45) is 0 Å². The summed E-state index contributed by atoms with van der Waals surface area (Å²) in [6.07, 6.45) is 3.87. The molecule has 0 atom stereocenters. The molecule has 4 nitrogen and oxygen atoms in total. The lowest BCUT2D eigenvalue weighted by molar-refractivity contribution is 0.0948. The highest BCUT2D eigenvalue weighted by molar-refractivity contribution is 7.08. The fourth-order valence-electron chi connectivity index (χ4n) is 3.53. The number of nitrogens with zero attached hydrogens (tertiary/aromatic N) is 2. The van der Waals surface area contributed by atoms with Crippen LogP contribution in [0.5, 0.6) is 0 Å². The number of benzene rings is 1. The number of piperidine rings is 1. The number of thiophene rings is 1. The Kier molecular flexibility index (Phi) is 5.27. The van der Waals surface area contributed by atoms with Crippen molar-refractivity contribution in [1.82, 2.24) is 15.2 Å². The molecule has 0 radical (unpaired) electrons. The van der Waals surface area contributed by atoms with E-state index < -0.39 is 0 Å². The van der Waals surface area contributed by atoms with E-state index in [1.165, 1.54) is 19.3 Å². The third-order valence-electron chi connectivity index (χ3n) is 4.94. The monoisotopic (exact) mass is 365 g/mol. The highest BCUT2D eigenvalue weighted by Gasteiger charge is 2.15. The normalized spacial score (nSPS) is 15.2. The van der Waals surface area contributed by atoms with Crippen molar-refractivity contribution in [3.8, 4) is 11.3 Å². The smallest absolute Gasteiger partial charge is 0.252 e. The van der Waals surface area contributed by atoms with E-state index in [1.54, 1.807) is 11.3 Å². The van der Waals surface area contributed by atoms with E-state index >= 15 is 0 Å². The second kappa shape index (κ2) is 7.98. The van der Waals surface area contributed by atoms with E-state index in [1.807, 2.05) is 41.8 Å². The van der Waals surface area contributed by atoms with Crippen LogP contribution in [0, 0.1) is 0 Å². The first-order valence-electron chi connectivity index (χ1n) is 9.24.